The van der Waals surface area contributed by atoms with Crippen LogP contribution in [0.1, 0.15) is 74.1 Å². The molecule has 1 fully saturated rings. The molecule has 0 saturated carbocycles. The Morgan fingerprint density at radius 2 is 1.59 bits per heavy atom. The lowest BCUT2D eigenvalue weighted by atomic mass is 9.97. The number of halogens is 2. The second-order valence-electron chi connectivity index (χ2n) is 16.5. The number of carboxylic acids is 1. The molecule has 0 unspecified atom stereocenters. The van der Waals surface area contributed by atoms with E-state index in [2.05, 4.69) is 21.3 Å². The van der Waals surface area contributed by atoms with Gasteiger partial charge in [-0.15, -0.1) is 0 Å². The first-order valence-electron chi connectivity index (χ1n) is 20.9. The summed E-state index contributed by atoms with van der Waals surface area (Å²) >= 11 is 13.7. The number of nitrogens with zero attached hydrogens (tertiary/aromatic N) is 7. The molecule has 14 heteroatoms. The van der Waals surface area contributed by atoms with Crippen LogP contribution in [-0.2, 0) is 24.8 Å². The summed E-state index contributed by atoms with van der Waals surface area (Å²) in [6, 6.07) is 14.7. The highest BCUT2D eigenvalue weighted by Crippen LogP contribution is 2.45. The number of aryl methyl sites for hydroxylation is 6. The Labute approximate surface area is 366 Å². The second-order valence-corrected chi connectivity index (χ2v) is 17.3. The van der Waals surface area contributed by atoms with Crippen molar-refractivity contribution in [2.75, 3.05) is 64.5 Å². The van der Waals surface area contributed by atoms with Crippen molar-refractivity contribution in [3.63, 3.8) is 0 Å². The van der Waals surface area contributed by atoms with E-state index < -0.39 is 5.97 Å². The number of ether oxygens (including phenoxy) is 2. The third-order valence-electron chi connectivity index (χ3n) is 12.4. The number of benzene rings is 3. The number of rotatable bonds is 13. The lowest BCUT2D eigenvalue weighted by Gasteiger charge is -2.34. The maximum Gasteiger partial charge on any atom is 0.335 e. The highest BCUT2D eigenvalue weighted by Gasteiger charge is 2.38. The van der Waals surface area contributed by atoms with Crippen molar-refractivity contribution in [2.24, 2.45) is 7.05 Å². The Kier molecular flexibility index (Phi) is 12.2. The van der Waals surface area contributed by atoms with Gasteiger partial charge in [0.2, 0.25) is 0 Å². The van der Waals surface area contributed by atoms with E-state index in [-0.39, 0.29) is 17.5 Å². The quantitative estimate of drug-likeness (QED) is 0.114. The monoisotopic (exact) mass is 865 g/mol. The van der Waals surface area contributed by atoms with E-state index in [0.717, 1.165) is 117 Å². The molecule has 5 heterocycles. The Balaban J connectivity index is 1.19. The minimum atomic E-state index is -0.998. The molecule has 61 heavy (non-hydrogen) atoms. The van der Waals surface area contributed by atoms with E-state index in [1.807, 2.05) is 74.5 Å². The number of carboxylic acid groups (broad SMARTS) is 1. The van der Waals surface area contributed by atoms with Gasteiger partial charge in [-0.25, -0.2) is 14.8 Å². The Hall–Kier alpha value is -4.98. The second kappa shape index (κ2) is 17.4. The molecule has 320 valence electrons. The van der Waals surface area contributed by atoms with Crippen molar-refractivity contribution >= 4 is 62.7 Å². The van der Waals surface area contributed by atoms with E-state index in [4.69, 9.17) is 42.6 Å². The van der Waals surface area contributed by atoms with Gasteiger partial charge < -0.3 is 23.7 Å². The molecule has 0 spiro atoms. The van der Waals surface area contributed by atoms with Crippen molar-refractivity contribution in [1.82, 2.24) is 28.9 Å². The standard InChI is InChI=1S/C47H53Cl2N7O5/c1-27-21-34(22-28(2)43(27)49)61-19-8-9-35-36-11-12-37(48)42(41-30(4)50-39(51-31(41)5)26-54-16-14-53(15-17-54)18-20-60-7)44(36)56-29(3)25-55(46(57)45(35)56)40-24-33-23-32(47(58)59)10-13-38(33)52(40)6/h10-13,21-24,29H,8-9,14-20,25-26H2,1-7H3,(H,58,59)/t29-/m1/s1. The molecule has 1 N–H and O–H groups in total. The van der Waals surface area contributed by atoms with E-state index in [0.29, 0.717) is 49.1 Å². The van der Waals surface area contributed by atoms with Crippen LogP contribution < -0.4 is 9.64 Å². The molecule has 8 rings (SSSR count). The number of carbonyl (C=O) groups excluding carboxylic acids is 1. The first-order valence-corrected chi connectivity index (χ1v) is 21.7. The van der Waals surface area contributed by atoms with Crippen molar-refractivity contribution in [2.45, 2.75) is 60.0 Å². The fourth-order valence-electron chi connectivity index (χ4n) is 9.33. The topological polar surface area (TPSA) is 118 Å². The lowest BCUT2D eigenvalue weighted by molar-refractivity contribution is 0.0696. The number of hydrogen-bond acceptors (Lipinski definition) is 8. The maximum absolute atomic E-state index is 15.2. The van der Waals surface area contributed by atoms with Crippen molar-refractivity contribution < 1.29 is 24.2 Å². The molecule has 12 nitrogen and oxygen atoms in total. The van der Waals surface area contributed by atoms with Crippen LogP contribution in [0.3, 0.4) is 0 Å². The van der Waals surface area contributed by atoms with E-state index in [1.165, 1.54) is 0 Å². The zero-order valence-electron chi connectivity index (χ0n) is 35.9. The molecule has 1 saturated heterocycles. The fourth-order valence-corrected chi connectivity index (χ4v) is 9.68. The van der Waals surface area contributed by atoms with Crippen LogP contribution in [-0.4, -0.2) is 105 Å². The number of anilines is 1. The average molecular weight is 867 g/mol. The molecule has 1 atom stereocenters. The van der Waals surface area contributed by atoms with Crippen LogP contribution in [0.15, 0.2) is 48.5 Å². The minimum Gasteiger partial charge on any atom is -0.494 e. The number of carbonyl (C=O) groups is 2. The summed E-state index contributed by atoms with van der Waals surface area (Å²) in [6.07, 6.45) is 1.22. The van der Waals surface area contributed by atoms with Gasteiger partial charge in [-0.1, -0.05) is 29.3 Å². The predicted molar refractivity (Wildman–Crippen MR) is 242 cm³/mol. The number of aromatic nitrogens is 4. The minimum absolute atomic E-state index is 0.136. The highest BCUT2D eigenvalue weighted by atomic mass is 35.5. The molecule has 0 bridgehead atoms. The van der Waals surface area contributed by atoms with Gasteiger partial charge in [0.1, 0.15) is 23.1 Å². The summed E-state index contributed by atoms with van der Waals surface area (Å²) < 4.78 is 15.7. The van der Waals surface area contributed by atoms with E-state index in [9.17, 15) is 9.90 Å². The number of piperazine rings is 1. The maximum atomic E-state index is 15.2. The van der Waals surface area contributed by atoms with Gasteiger partial charge in [-0.3, -0.25) is 19.5 Å². The highest BCUT2D eigenvalue weighted by molar-refractivity contribution is 6.35. The van der Waals surface area contributed by atoms with E-state index >= 15 is 4.79 Å². The zero-order chi connectivity index (χ0) is 43.3. The normalized spacial score (nSPS) is 16.2. The molecule has 2 aliphatic heterocycles. The molecule has 0 aliphatic carbocycles. The smallest absolute Gasteiger partial charge is 0.335 e. The average Bonchev–Trinajstić information content (AvgIpc) is 3.74. The van der Waals surface area contributed by atoms with Gasteiger partial charge >= 0.3 is 5.97 Å². The molecular formula is C47H53Cl2N7O5. The molecule has 1 amide bonds. The lowest BCUT2D eigenvalue weighted by Crippen LogP contribution is -2.47. The first kappa shape index (κ1) is 42.7. The molecule has 3 aromatic carbocycles. The molecule has 3 aromatic heterocycles. The number of aromatic carboxylic acids is 1. The summed E-state index contributed by atoms with van der Waals surface area (Å²) in [5, 5.41) is 12.7. The SMILES string of the molecule is COCCN1CCN(Cc2nc(C)c(-c3c(Cl)ccc4c(CCCOc5cc(C)c(Cl)c(C)c5)c5n(c34)[C@H](C)CN(c3cc4cc(C(=O)O)ccc4n3C)C5=O)c(C)n2)CC1. The molecular weight excluding hydrogens is 813 g/mol. The molecule has 6 aromatic rings. The van der Waals surface area contributed by atoms with Crippen LogP contribution in [0.2, 0.25) is 10.0 Å². The summed E-state index contributed by atoms with van der Waals surface area (Å²) in [4.78, 5) is 43.8. The van der Waals surface area contributed by atoms with Crippen LogP contribution in [0, 0.1) is 27.7 Å². The number of methoxy groups -OCH3 is 1. The van der Waals surface area contributed by atoms with Crippen molar-refractivity contribution in [1.29, 1.82) is 0 Å². The van der Waals surface area contributed by atoms with Gasteiger partial charge in [0.25, 0.3) is 5.91 Å². The zero-order valence-corrected chi connectivity index (χ0v) is 37.5. The number of amides is 1. The third kappa shape index (κ3) is 8.12. The largest absolute Gasteiger partial charge is 0.494 e. The Morgan fingerprint density at radius 3 is 2.26 bits per heavy atom. The third-order valence-corrected chi connectivity index (χ3v) is 13.3. The van der Waals surface area contributed by atoms with Crippen molar-refractivity contribution in [3.05, 3.63) is 104 Å². The Bertz CT molecular complexity index is 2640. The molecule has 0 radical (unpaired) electrons. The summed E-state index contributed by atoms with van der Waals surface area (Å²) in [6.45, 7) is 17.1. The van der Waals surface area contributed by atoms with Crippen LogP contribution in [0.25, 0.3) is 32.9 Å². The summed E-state index contributed by atoms with van der Waals surface area (Å²) in [7, 11) is 3.65. The van der Waals surface area contributed by atoms with Crippen LogP contribution in [0.4, 0.5) is 5.82 Å². The van der Waals surface area contributed by atoms with Gasteiger partial charge in [-0.2, -0.15) is 0 Å². The Morgan fingerprint density at radius 1 is 0.902 bits per heavy atom. The number of fused-ring (bicyclic) bond motifs is 4. The van der Waals surface area contributed by atoms with Gasteiger partial charge in [0.05, 0.1) is 35.9 Å². The van der Waals surface area contributed by atoms with Crippen LogP contribution in [0.5, 0.6) is 5.75 Å². The van der Waals surface area contributed by atoms with Crippen LogP contribution >= 0.6 is 23.2 Å². The van der Waals surface area contributed by atoms with Crippen molar-refractivity contribution in [3.8, 4) is 16.9 Å². The van der Waals surface area contributed by atoms with Gasteiger partial charge in [0.15, 0.2) is 0 Å². The first-order chi connectivity index (χ1) is 29.2. The van der Waals surface area contributed by atoms with Gasteiger partial charge in [0, 0.05) is 103 Å². The summed E-state index contributed by atoms with van der Waals surface area (Å²) in [5.74, 6) is 1.10. The fraction of sp³-hybridized carbons (Fsp3) is 0.404. The molecule has 2 aliphatic rings. The van der Waals surface area contributed by atoms with Gasteiger partial charge in [-0.05, 0) is 107 Å². The summed E-state index contributed by atoms with van der Waals surface area (Å²) in [5.41, 5.74) is 8.73. The number of hydrogen-bond donors (Lipinski definition) is 1. The van der Waals surface area contributed by atoms with E-state index in [1.54, 1.807) is 25.3 Å². The predicted octanol–water partition coefficient (Wildman–Crippen LogP) is 8.83.